The van der Waals surface area contributed by atoms with Gasteiger partial charge in [-0.05, 0) is 18.8 Å². The molecule has 0 aliphatic carbocycles. The summed E-state index contributed by atoms with van der Waals surface area (Å²) in [5.74, 6) is 0.767. The van der Waals surface area contributed by atoms with Gasteiger partial charge in [-0.15, -0.1) is 0 Å². The second-order valence-corrected chi connectivity index (χ2v) is 3.56. The van der Waals surface area contributed by atoms with Crippen molar-refractivity contribution in [2.45, 2.75) is 58.6 Å². The van der Waals surface area contributed by atoms with Crippen LogP contribution in [0.15, 0.2) is 0 Å². The number of rotatable bonds is 7. The van der Waals surface area contributed by atoms with Crippen molar-refractivity contribution in [3.63, 3.8) is 0 Å². The van der Waals surface area contributed by atoms with Crippen LogP contribution in [0.5, 0.6) is 0 Å². The third-order valence-electron chi connectivity index (χ3n) is 2.41. The predicted molar refractivity (Wildman–Crippen MR) is 52.7 cm³/mol. The maximum Gasteiger partial charge on any atom is 0.102 e. The van der Waals surface area contributed by atoms with Crippen molar-refractivity contribution < 1.29 is 5.11 Å². The highest BCUT2D eigenvalue weighted by atomic mass is 16.3. The van der Waals surface area contributed by atoms with E-state index < -0.39 is 6.23 Å². The summed E-state index contributed by atoms with van der Waals surface area (Å²) in [5.41, 5.74) is 5.28. The molecule has 0 aliphatic rings. The number of aliphatic hydroxyl groups excluding tert-OH is 1. The van der Waals surface area contributed by atoms with Crippen LogP contribution in [0.2, 0.25) is 0 Å². The van der Waals surface area contributed by atoms with Gasteiger partial charge in [0.1, 0.15) is 6.23 Å². The number of hydrogen-bond donors (Lipinski definition) is 2. The molecule has 3 N–H and O–H groups in total. The molecule has 0 aromatic carbocycles. The summed E-state index contributed by atoms with van der Waals surface area (Å²) in [6.07, 6.45) is 6.30. The molecule has 74 valence electrons. The average Bonchev–Trinajstić information content (AvgIpc) is 2.05. The van der Waals surface area contributed by atoms with Gasteiger partial charge in [-0.2, -0.15) is 0 Å². The molecule has 0 amide bonds. The minimum Gasteiger partial charge on any atom is -0.379 e. The minimum atomic E-state index is -0.610. The molecule has 0 radical (unpaired) electrons. The predicted octanol–water partition coefficient (Wildman–Crippen LogP) is 2.26. The van der Waals surface area contributed by atoms with Crippen LogP contribution < -0.4 is 5.73 Å². The molecule has 0 spiro atoms. The SMILES string of the molecule is CCCCC(CC)CCC(N)O. The Morgan fingerprint density at radius 1 is 1.17 bits per heavy atom. The van der Waals surface area contributed by atoms with Gasteiger partial charge < -0.3 is 10.8 Å². The van der Waals surface area contributed by atoms with E-state index in [2.05, 4.69) is 13.8 Å². The van der Waals surface area contributed by atoms with Crippen molar-refractivity contribution in [2.75, 3.05) is 0 Å². The Balaban J connectivity index is 3.39. The highest BCUT2D eigenvalue weighted by Gasteiger charge is 2.06. The summed E-state index contributed by atoms with van der Waals surface area (Å²) in [7, 11) is 0. The second kappa shape index (κ2) is 7.56. The first-order valence-electron chi connectivity index (χ1n) is 5.14. The highest BCUT2D eigenvalue weighted by Crippen LogP contribution is 2.18. The van der Waals surface area contributed by atoms with E-state index in [1.807, 2.05) is 0 Å². The average molecular weight is 173 g/mol. The fourth-order valence-electron chi connectivity index (χ4n) is 1.45. The molecule has 0 saturated carbocycles. The first-order chi connectivity index (χ1) is 5.70. The second-order valence-electron chi connectivity index (χ2n) is 3.56. The van der Waals surface area contributed by atoms with Crippen molar-refractivity contribution in [1.82, 2.24) is 0 Å². The molecule has 0 saturated heterocycles. The lowest BCUT2D eigenvalue weighted by atomic mass is 9.94. The van der Waals surface area contributed by atoms with Crippen LogP contribution in [-0.4, -0.2) is 11.3 Å². The van der Waals surface area contributed by atoms with Gasteiger partial charge in [-0.3, -0.25) is 0 Å². The molecule has 0 aromatic heterocycles. The van der Waals surface area contributed by atoms with Crippen molar-refractivity contribution in [3.8, 4) is 0 Å². The van der Waals surface area contributed by atoms with Gasteiger partial charge in [0.15, 0.2) is 0 Å². The topological polar surface area (TPSA) is 46.2 Å². The standard InChI is InChI=1S/C10H23NO/c1-3-5-6-9(4-2)7-8-10(11)12/h9-10,12H,3-8,11H2,1-2H3. The molecule has 2 unspecified atom stereocenters. The Kier molecular flexibility index (Phi) is 7.51. The van der Waals surface area contributed by atoms with E-state index in [9.17, 15) is 0 Å². The van der Waals surface area contributed by atoms with Crippen LogP contribution in [0.4, 0.5) is 0 Å². The summed E-state index contributed by atoms with van der Waals surface area (Å²) < 4.78 is 0. The first-order valence-corrected chi connectivity index (χ1v) is 5.14. The Morgan fingerprint density at radius 2 is 1.83 bits per heavy atom. The maximum atomic E-state index is 8.90. The Bertz CT molecular complexity index is 93.8. The maximum absolute atomic E-state index is 8.90. The zero-order valence-corrected chi connectivity index (χ0v) is 8.42. The van der Waals surface area contributed by atoms with E-state index in [4.69, 9.17) is 10.8 Å². The summed E-state index contributed by atoms with van der Waals surface area (Å²) in [6.45, 7) is 4.42. The number of nitrogens with two attached hydrogens (primary N) is 1. The molecule has 12 heavy (non-hydrogen) atoms. The van der Waals surface area contributed by atoms with E-state index in [-0.39, 0.29) is 0 Å². The molecule has 0 rings (SSSR count). The van der Waals surface area contributed by atoms with Crippen molar-refractivity contribution >= 4 is 0 Å². The Labute approximate surface area is 76.2 Å². The van der Waals surface area contributed by atoms with Gasteiger partial charge >= 0.3 is 0 Å². The molecule has 0 aliphatic heterocycles. The lowest BCUT2D eigenvalue weighted by Gasteiger charge is -2.14. The highest BCUT2D eigenvalue weighted by molar-refractivity contribution is 4.59. The van der Waals surface area contributed by atoms with E-state index in [0.29, 0.717) is 0 Å². The molecular weight excluding hydrogens is 150 g/mol. The van der Waals surface area contributed by atoms with Gasteiger partial charge in [0.2, 0.25) is 0 Å². The van der Waals surface area contributed by atoms with Gasteiger partial charge in [-0.1, -0.05) is 39.5 Å². The number of hydrogen-bond acceptors (Lipinski definition) is 2. The molecule has 2 nitrogen and oxygen atoms in total. The quantitative estimate of drug-likeness (QED) is 0.580. The summed E-state index contributed by atoms with van der Waals surface area (Å²) in [5, 5.41) is 8.90. The third-order valence-corrected chi connectivity index (χ3v) is 2.41. The zero-order valence-electron chi connectivity index (χ0n) is 8.42. The largest absolute Gasteiger partial charge is 0.379 e. The van der Waals surface area contributed by atoms with E-state index in [0.717, 1.165) is 18.8 Å². The van der Waals surface area contributed by atoms with Crippen molar-refractivity contribution in [1.29, 1.82) is 0 Å². The Hall–Kier alpha value is -0.0800. The lowest BCUT2D eigenvalue weighted by molar-refractivity contribution is 0.159. The molecule has 0 heterocycles. The van der Waals surface area contributed by atoms with E-state index >= 15 is 0 Å². The summed E-state index contributed by atoms with van der Waals surface area (Å²) >= 11 is 0. The fourth-order valence-corrected chi connectivity index (χ4v) is 1.45. The Morgan fingerprint density at radius 3 is 2.25 bits per heavy atom. The number of aliphatic hydroxyl groups is 1. The molecule has 0 bridgehead atoms. The van der Waals surface area contributed by atoms with Crippen LogP contribution in [0.25, 0.3) is 0 Å². The molecule has 0 fully saturated rings. The van der Waals surface area contributed by atoms with E-state index in [1.54, 1.807) is 0 Å². The zero-order chi connectivity index (χ0) is 9.40. The van der Waals surface area contributed by atoms with Crippen LogP contribution in [0.3, 0.4) is 0 Å². The third kappa shape index (κ3) is 6.62. The normalized spacial score (nSPS) is 16.0. The smallest absolute Gasteiger partial charge is 0.102 e. The van der Waals surface area contributed by atoms with Crippen LogP contribution >= 0.6 is 0 Å². The van der Waals surface area contributed by atoms with Gasteiger partial charge in [0.25, 0.3) is 0 Å². The van der Waals surface area contributed by atoms with Crippen LogP contribution in [0, 0.1) is 5.92 Å². The summed E-state index contributed by atoms with van der Waals surface area (Å²) in [6, 6.07) is 0. The van der Waals surface area contributed by atoms with Gasteiger partial charge in [0, 0.05) is 0 Å². The lowest BCUT2D eigenvalue weighted by Crippen LogP contribution is -2.19. The fraction of sp³-hybridized carbons (Fsp3) is 1.00. The van der Waals surface area contributed by atoms with Crippen molar-refractivity contribution in [2.24, 2.45) is 11.7 Å². The molecule has 0 aromatic rings. The minimum absolute atomic E-state index is 0.610. The monoisotopic (exact) mass is 173 g/mol. The van der Waals surface area contributed by atoms with E-state index in [1.165, 1.54) is 25.7 Å². The molecule has 2 atom stereocenters. The van der Waals surface area contributed by atoms with Crippen LogP contribution in [0.1, 0.15) is 52.4 Å². The molecule has 2 heteroatoms. The van der Waals surface area contributed by atoms with Gasteiger partial charge in [-0.25, -0.2) is 0 Å². The number of unbranched alkanes of at least 4 members (excludes halogenated alkanes) is 1. The van der Waals surface area contributed by atoms with Crippen molar-refractivity contribution in [3.05, 3.63) is 0 Å². The van der Waals surface area contributed by atoms with Crippen LogP contribution in [-0.2, 0) is 0 Å². The summed E-state index contributed by atoms with van der Waals surface area (Å²) in [4.78, 5) is 0. The first kappa shape index (κ1) is 11.9. The molecular formula is C10H23NO. The van der Waals surface area contributed by atoms with Gasteiger partial charge in [0.05, 0.1) is 0 Å².